The summed E-state index contributed by atoms with van der Waals surface area (Å²) in [6.45, 7) is 3.05. The smallest absolute Gasteiger partial charge is 0.287 e. The number of hydrogen-bond donors (Lipinski definition) is 2. The number of furan rings is 1. The third-order valence-electron chi connectivity index (χ3n) is 5.03. The Hall–Kier alpha value is -2.79. The summed E-state index contributed by atoms with van der Waals surface area (Å²) >= 11 is 0. The highest BCUT2D eigenvalue weighted by Crippen LogP contribution is 2.27. The Morgan fingerprint density at radius 1 is 1.15 bits per heavy atom. The standard InChI is InChI=1S/C22H24N2O3/c25-22(24-13-11-16-10-12-23-14-16)21-19(15-26-17-6-2-1-3-7-17)18-8-4-5-9-20(18)27-21/h1-9,16,23H,10-15H2,(H,24,25). The van der Waals surface area contributed by atoms with Crippen molar-refractivity contribution < 1.29 is 13.9 Å². The van der Waals surface area contributed by atoms with Gasteiger partial charge >= 0.3 is 0 Å². The van der Waals surface area contributed by atoms with Gasteiger partial charge in [-0.15, -0.1) is 0 Å². The fourth-order valence-corrected chi connectivity index (χ4v) is 3.53. The van der Waals surface area contributed by atoms with Crippen LogP contribution in [0.5, 0.6) is 5.75 Å². The number of nitrogens with one attached hydrogen (secondary N) is 2. The topological polar surface area (TPSA) is 63.5 Å². The molecule has 0 radical (unpaired) electrons. The first-order valence-corrected chi connectivity index (χ1v) is 9.48. The minimum atomic E-state index is -0.177. The van der Waals surface area contributed by atoms with Crippen molar-refractivity contribution in [3.05, 3.63) is 65.9 Å². The normalized spacial score (nSPS) is 16.5. The molecule has 27 heavy (non-hydrogen) atoms. The van der Waals surface area contributed by atoms with E-state index in [9.17, 15) is 4.79 Å². The minimum absolute atomic E-state index is 0.177. The van der Waals surface area contributed by atoms with Crippen molar-refractivity contribution >= 4 is 16.9 Å². The van der Waals surface area contributed by atoms with Crippen LogP contribution < -0.4 is 15.4 Å². The van der Waals surface area contributed by atoms with E-state index in [0.29, 0.717) is 23.8 Å². The van der Waals surface area contributed by atoms with Gasteiger partial charge in [-0.05, 0) is 50.0 Å². The molecular formula is C22H24N2O3. The number of rotatable bonds is 7. The second-order valence-electron chi connectivity index (χ2n) is 6.91. The summed E-state index contributed by atoms with van der Waals surface area (Å²) in [5.41, 5.74) is 1.49. The van der Waals surface area contributed by atoms with Crippen LogP contribution in [-0.4, -0.2) is 25.5 Å². The Bertz CT molecular complexity index is 898. The van der Waals surface area contributed by atoms with Crippen molar-refractivity contribution in [2.45, 2.75) is 19.4 Å². The number of ether oxygens (including phenoxy) is 1. The molecule has 2 N–H and O–H groups in total. The van der Waals surface area contributed by atoms with Crippen molar-refractivity contribution in [1.82, 2.24) is 10.6 Å². The van der Waals surface area contributed by atoms with Gasteiger partial charge in [-0.1, -0.05) is 36.4 Å². The van der Waals surface area contributed by atoms with Crippen molar-refractivity contribution in [2.24, 2.45) is 5.92 Å². The highest BCUT2D eigenvalue weighted by atomic mass is 16.5. The lowest BCUT2D eigenvalue weighted by Crippen LogP contribution is -2.27. The Labute approximate surface area is 158 Å². The Balaban J connectivity index is 1.49. The molecule has 1 atom stereocenters. The van der Waals surface area contributed by atoms with Crippen molar-refractivity contribution in [3.8, 4) is 5.75 Å². The molecule has 1 unspecified atom stereocenters. The van der Waals surface area contributed by atoms with Gasteiger partial charge in [-0.2, -0.15) is 0 Å². The van der Waals surface area contributed by atoms with E-state index in [1.807, 2.05) is 54.6 Å². The van der Waals surface area contributed by atoms with Crippen LogP contribution in [0.2, 0.25) is 0 Å². The lowest BCUT2D eigenvalue weighted by atomic mass is 10.1. The van der Waals surface area contributed by atoms with Crippen molar-refractivity contribution in [1.29, 1.82) is 0 Å². The second kappa shape index (κ2) is 8.27. The highest BCUT2D eigenvalue weighted by Gasteiger charge is 2.21. The third kappa shape index (κ3) is 4.14. The predicted molar refractivity (Wildman–Crippen MR) is 105 cm³/mol. The highest BCUT2D eigenvalue weighted by molar-refractivity contribution is 5.99. The number of fused-ring (bicyclic) bond motifs is 1. The van der Waals surface area contributed by atoms with Gasteiger partial charge in [0.25, 0.3) is 5.91 Å². The van der Waals surface area contributed by atoms with Crippen LogP contribution >= 0.6 is 0 Å². The monoisotopic (exact) mass is 364 g/mol. The van der Waals surface area contributed by atoms with Gasteiger partial charge in [0.1, 0.15) is 17.9 Å². The van der Waals surface area contributed by atoms with Crippen molar-refractivity contribution in [3.63, 3.8) is 0 Å². The van der Waals surface area contributed by atoms with E-state index in [1.165, 1.54) is 6.42 Å². The van der Waals surface area contributed by atoms with E-state index in [0.717, 1.165) is 36.2 Å². The maximum Gasteiger partial charge on any atom is 0.287 e. The second-order valence-corrected chi connectivity index (χ2v) is 6.91. The lowest BCUT2D eigenvalue weighted by Gasteiger charge is -2.10. The van der Waals surface area contributed by atoms with Crippen LogP contribution in [0.4, 0.5) is 0 Å². The summed E-state index contributed by atoms with van der Waals surface area (Å²) in [4.78, 5) is 12.7. The molecule has 1 fully saturated rings. The minimum Gasteiger partial charge on any atom is -0.489 e. The van der Waals surface area contributed by atoms with Gasteiger partial charge in [-0.3, -0.25) is 4.79 Å². The van der Waals surface area contributed by atoms with Crippen LogP contribution in [0.15, 0.2) is 59.0 Å². The van der Waals surface area contributed by atoms with E-state index in [2.05, 4.69) is 10.6 Å². The summed E-state index contributed by atoms with van der Waals surface area (Å²) < 4.78 is 11.8. The predicted octanol–water partition coefficient (Wildman–Crippen LogP) is 3.74. The summed E-state index contributed by atoms with van der Waals surface area (Å²) in [6.07, 6.45) is 2.16. The average Bonchev–Trinajstić information content (AvgIpc) is 3.35. The molecule has 2 aromatic carbocycles. The largest absolute Gasteiger partial charge is 0.489 e. The number of benzene rings is 2. The number of para-hydroxylation sites is 2. The van der Waals surface area contributed by atoms with Gasteiger partial charge in [0.2, 0.25) is 0 Å². The molecule has 1 aliphatic heterocycles. The molecule has 0 spiro atoms. The van der Waals surface area contributed by atoms with Crippen LogP contribution in [0, 0.1) is 5.92 Å². The van der Waals surface area contributed by atoms with E-state index in [4.69, 9.17) is 9.15 Å². The first-order chi connectivity index (χ1) is 13.3. The first-order valence-electron chi connectivity index (χ1n) is 9.48. The number of carbonyl (C=O) groups is 1. The van der Waals surface area contributed by atoms with E-state index >= 15 is 0 Å². The van der Waals surface area contributed by atoms with Gasteiger partial charge in [-0.25, -0.2) is 0 Å². The average molecular weight is 364 g/mol. The molecule has 1 aromatic heterocycles. The zero-order chi connectivity index (χ0) is 18.5. The SMILES string of the molecule is O=C(NCCC1CCNC1)c1oc2ccccc2c1COc1ccccc1. The molecule has 5 nitrogen and oxygen atoms in total. The van der Waals surface area contributed by atoms with E-state index in [1.54, 1.807) is 0 Å². The maximum atomic E-state index is 12.7. The molecule has 0 aliphatic carbocycles. The van der Waals surface area contributed by atoms with Crippen LogP contribution in [0.3, 0.4) is 0 Å². The summed E-state index contributed by atoms with van der Waals surface area (Å²) in [5, 5.41) is 7.28. The van der Waals surface area contributed by atoms with Crippen LogP contribution in [-0.2, 0) is 6.61 Å². The molecule has 0 saturated carbocycles. The molecule has 140 valence electrons. The molecule has 1 amide bonds. The van der Waals surface area contributed by atoms with Crippen LogP contribution in [0.25, 0.3) is 11.0 Å². The fraction of sp³-hybridized carbons (Fsp3) is 0.318. The molecule has 2 heterocycles. The van der Waals surface area contributed by atoms with Gasteiger partial charge in [0.05, 0.1) is 0 Å². The zero-order valence-electron chi connectivity index (χ0n) is 15.2. The number of carbonyl (C=O) groups excluding carboxylic acids is 1. The molecule has 3 aromatic rings. The van der Waals surface area contributed by atoms with E-state index in [-0.39, 0.29) is 12.5 Å². The Morgan fingerprint density at radius 3 is 2.78 bits per heavy atom. The zero-order valence-corrected chi connectivity index (χ0v) is 15.2. The molecule has 1 saturated heterocycles. The van der Waals surface area contributed by atoms with Gasteiger partial charge < -0.3 is 19.8 Å². The first kappa shape index (κ1) is 17.6. The van der Waals surface area contributed by atoms with Crippen molar-refractivity contribution in [2.75, 3.05) is 19.6 Å². The molecular weight excluding hydrogens is 340 g/mol. The van der Waals surface area contributed by atoms with Gasteiger partial charge in [0.15, 0.2) is 5.76 Å². The summed E-state index contributed by atoms with van der Waals surface area (Å²) in [7, 11) is 0. The summed E-state index contributed by atoms with van der Waals surface area (Å²) in [6, 6.07) is 17.3. The molecule has 0 bridgehead atoms. The quantitative estimate of drug-likeness (QED) is 0.670. The maximum absolute atomic E-state index is 12.7. The fourth-order valence-electron chi connectivity index (χ4n) is 3.53. The molecule has 5 heteroatoms. The number of hydrogen-bond acceptors (Lipinski definition) is 4. The van der Waals surface area contributed by atoms with Gasteiger partial charge in [0, 0.05) is 17.5 Å². The third-order valence-corrected chi connectivity index (χ3v) is 5.03. The molecule has 4 rings (SSSR count). The number of amides is 1. The molecule has 1 aliphatic rings. The Kier molecular flexibility index (Phi) is 5.39. The summed E-state index contributed by atoms with van der Waals surface area (Å²) in [5.74, 6) is 1.57. The Morgan fingerprint density at radius 2 is 1.96 bits per heavy atom. The lowest BCUT2D eigenvalue weighted by molar-refractivity contribution is 0.0922. The van der Waals surface area contributed by atoms with Crippen LogP contribution in [0.1, 0.15) is 29.0 Å². The van der Waals surface area contributed by atoms with E-state index < -0.39 is 0 Å².